The summed E-state index contributed by atoms with van der Waals surface area (Å²) in [5, 5.41) is 1.05. The van der Waals surface area contributed by atoms with Crippen LogP contribution in [0.5, 0.6) is 0 Å². The van der Waals surface area contributed by atoms with E-state index in [1.54, 1.807) is 6.07 Å². The van der Waals surface area contributed by atoms with Crippen molar-refractivity contribution in [1.29, 1.82) is 0 Å². The Morgan fingerprint density at radius 2 is 1.90 bits per heavy atom. The Balaban J connectivity index is 2.39. The molecule has 3 rings (SSSR count). The summed E-state index contributed by atoms with van der Waals surface area (Å²) in [4.78, 5) is 4.70. The number of benzene rings is 2. The van der Waals surface area contributed by atoms with Crippen molar-refractivity contribution in [3.05, 3.63) is 52.3 Å². The molecule has 0 atom stereocenters. The SMILES string of the molecule is CC(C)c1nc2cc(N)ccc2n1-c1cccc(Cl)c1Cl. The quantitative estimate of drug-likeness (QED) is 0.672. The molecule has 21 heavy (non-hydrogen) atoms. The van der Waals surface area contributed by atoms with Gasteiger partial charge in [0, 0.05) is 11.6 Å². The number of imidazole rings is 1. The van der Waals surface area contributed by atoms with E-state index in [1.165, 1.54) is 0 Å². The summed E-state index contributed by atoms with van der Waals surface area (Å²) in [6.07, 6.45) is 0. The minimum atomic E-state index is 0.244. The van der Waals surface area contributed by atoms with Crippen LogP contribution in [-0.2, 0) is 0 Å². The lowest BCUT2D eigenvalue weighted by Crippen LogP contribution is -2.03. The molecule has 0 unspecified atom stereocenters. The van der Waals surface area contributed by atoms with Crippen molar-refractivity contribution in [2.24, 2.45) is 0 Å². The second-order valence-corrected chi connectivity index (χ2v) is 6.07. The van der Waals surface area contributed by atoms with Gasteiger partial charge < -0.3 is 5.73 Å². The lowest BCUT2D eigenvalue weighted by molar-refractivity contribution is 0.760. The highest BCUT2D eigenvalue weighted by molar-refractivity contribution is 6.43. The predicted molar refractivity (Wildman–Crippen MR) is 89.6 cm³/mol. The van der Waals surface area contributed by atoms with Crippen LogP contribution in [0.3, 0.4) is 0 Å². The van der Waals surface area contributed by atoms with E-state index in [4.69, 9.17) is 33.9 Å². The first-order valence-corrected chi connectivity index (χ1v) is 7.47. The van der Waals surface area contributed by atoms with E-state index < -0.39 is 0 Å². The Hall–Kier alpha value is -1.71. The summed E-state index contributed by atoms with van der Waals surface area (Å²) in [5.41, 5.74) is 9.21. The lowest BCUT2D eigenvalue weighted by Gasteiger charge is -2.13. The normalized spacial score (nSPS) is 11.5. The molecule has 0 aliphatic carbocycles. The minimum absolute atomic E-state index is 0.244. The van der Waals surface area contributed by atoms with Crippen molar-refractivity contribution in [1.82, 2.24) is 9.55 Å². The summed E-state index contributed by atoms with van der Waals surface area (Å²) in [7, 11) is 0. The number of anilines is 1. The monoisotopic (exact) mass is 319 g/mol. The zero-order valence-corrected chi connectivity index (χ0v) is 13.3. The number of hydrogen-bond acceptors (Lipinski definition) is 2. The summed E-state index contributed by atoms with van der Waals surface area (Å²) in [6, 6.07) is 11.3. The fraction of sp³-hybridized carbons (Fsp3) is 0.188. The first kappa shape index (κ1) is 14.2. The smallest absolute Gasteiger partial charge is 0.117 e. The first-order valence-electron chi connectivity index (χ1n) is 6.71. The average molecular weight is 320 g/mol. The van der Waals surface area contributed by atoms with Gasteiger partial charge in [-0.3, -0.25) is 4.57 Å². The van der Waals surface area contributed by atoms with Gasteiger partial charge in [-0.05, 0) is 30.3 Å². The van der Waals surface area contributed by atoms with Crippen molar-refractivity contribution < 1.29 is 0 Å². The number of nitrogens with zero attached hydrogens (tertiary/aromatic N) is 2. The van der Waals surface area contributed by atoms with Gasteiger partial charge in [-0.25, -0.2) is 4.98 Å². The molecule has 2 aromatic carbocycles. The molecule has 3 nitrogen and oxygen atoms in total. The molecule has 108 valence electrons. The van der Waals surface area contributed by atoms with E-state index in [0.29, 0.717) is 15.7 Å². The van der Waals surface area contributed by atoms with Crippen molar-refractivity contribution in [2.75, 3.05) is 5.73 Å². The van der Waals surface area contributed by atoms with Crippen molar-refractivity contribution >= 4 is 39.9 Å². The number of nitrogens with two attached hydrogens (primary N) is 1. The van der Waals surface area contributed by atoms with Crippen LogP contribution in [0.2, 0.25) is 10.0 Å². The van der Waals surface area contributed by atoms with Gasteiger partial charge in [-0.15, -0.1) is 0 Å². The molecule has 1 heterocycles. The number of halogens is 2. The van der Waals surface area contributed by atoms with E-state index in [2.05, 4.69) is 13.8 Å². The maximum atomic E-state index is 6.39. The standard InChI is InChI=1S/C16H15Cl2N3/c1-9(2)16-20-12-8-10(19)6-7-13(12)21(16)14-5-3-4-11(17)15(14)18/h3-9H,19H2,1-2H3. The summed E-state index contributed by atoms with van der Waals surface area (Å²) >= 11 is 12.5. The maximum Gasteiger partial charge on any atom is 0.117 e. The molecular weight excluding hydrogens is 305 g/mol. The van der Waals surface area contributed by atoms with E-state index in [9.17, 15) is 0 Å². The van der Waals surface area contributed by atoms with E-state index in [1.807, 2.05) is 34.9 Å². The molecule has 1 aromatic heterocycles. The molecule has 0 aliphatic rings. The molecule has 0 fully saturated rings. The number of rotatable bonds is 2. The summed E-state index contributed by atoms with van der Waals surface area (Å²) in [6.45, 7) is 4.19. The Bertz CT molecular complexity index is 822. The third-order valence-electron chi connectivity index (χ3n) is 3.39. The fourth-order valence-electron chi connectivity index (χ4n) is 2.42. The number of aromatic nitrogens is 2. The average Bonchev–Trinajstić information content (AvgIpc) is 2.80. The molecule has 0 radical (unpaired) electrons. The summed E-state index contributed by atoms with van der Waals surface area (Å²) in [5.74, 6) is 1.17. The number of nitrogen functional groups attached to an aromatic ring is 1. The van der Waals surface area contributed by atoms with Gasteiger partial charge in [0.2, 0.25) is 0 Å². The minimum Gasteiger partial charge on any atom is -0.399 e. The second-order valence-electron chi connectivity index (χ2n) is 5.28. The first-order chi connectivity index (χ1) is 9.99. The molecule has 0 aliphatic heterocycles. The molecule has 0 spiro atoms. The van der Waals surface area contributed by atoms with Gasteiger partial charge in [0.25, 0.3) is 0 Å². The molecule has 0 amide bonds. The fourth-order valence-corrected chi connectivity index (χ4v) is 2.80. The van der Waals surface area contributed by atoms with Crippen molar-refractivity contribution in [3.63, 3.8) is 0 Å². The van der Waals surface area contributed by atoms with Gasteiger partial charge in [-0.1, -0.05) is 43.1 Å². The molecule has 3 aromatic rings. The highest BCUT2D eigenvalue weighted by Crippen LogP contribution is 2.34. The molecule has 2 N–H and O–H groups in total. The van der Waals surface area contributed by atoms with Crippen LogP contribution in [0.25, 0.3) is 16.7 Å². The third-order valence-corrected chi connectivity index (χ3v) is 4.20. The Morgan fingerprint density at radius 1 is 1.14 bits per heavy atom. The van der Waals surface area contributed by atoms with Gasteiger partial charge in [0.15, 0.2) is 0 Å². The van der Waals surface area contributed by atoms with E-state index >= 15 is 0 Å². The maximum absolute atomic E-state index is 6.39. The van der Waals surface area contributed by atoms with Gasteiger partial charge in [0.1, 0.15) is 5.82 Å². The molecule has 0 bridgehead atoms. The zero-order valence-electron chi connectivity index (χ0n) is 11.8. The Labute approximate surface area is 133 Å². The molecule has 0 saturated carbocycles. The molecule has 0 saturated heterocycles. The number of hydrogen-bond donors (Lipinski definition) is 1. The Kier molecular flexibility index (Phi) is 3.56. The summed E-state index contributed by atoms with van der Waals surface area (Å²) < 4.78 is 2.05. The van der Waals surface area contributed by atoms with Crippen LogP contribution >= 0.6 is 23.2 Å². The highest BCUT2D eigenvalue weighted by Gasteiger charge is 2.18. The highest BCUT2D eigenvalue weighted by atomic mass is 35.5. The number of fused-ring (bicyclic) bond motifs is 1. The van der Waals surface area contributed by atoms with Gasteiger partial charge >= 0.3 is 0 Å². The van der Waals surface area contributed by atoms with Crippen LogP contribution in [-0.4, -0.2) is 9.55 Å². The second kappa shape index (κ2) is 5.24. The topological polar surface area (TPSA) is 43.8 Å². The van der Waals surface area contributed by atoms with Gasteiger partial charge in [0.05, 0.1) is 26.8 Å². The van der Waals surface area contributed by atoms with Crippen LogP contribution in [0.4, 0.5) is 5.69 Å². The Morgan fingerprint density at radius 3 is 2.62 bits per heavy atom. The van der Waals surface area contributed by atoms with Crippen LogP contribution < -0.4 is 5.73 Å². The van der Waals surface area contributed by atoms with E-state index in [0.717, 1.165) is 22.5 Å². The van der Waals surface area contributed by atoms with E-state index in [-0.39, 0.29) is 5.92 Å². The van der Waals surface area contributed by atoms with Crippen LogP contribution in [0, 0.1) is 0 Å². The zero-order chi connectivity index (χ0) is 15.1. The predicted octanol–water partition coefficient (Wildman–Crippen LogP) is 5.04. The molecule has 5 heteroatoms. The van der Waals surface area contributed by atoms with Crippen LogP contribution in [0.15, 0.2) is 36.4 Å². The third kappa shape index (κ3) is 2.37. The molecular formula is C16H15Cl2N3. The lowest BCUT2D eigenvalue weighted by atomic mass is 10.2. The van der Waals surface area contributed by atoms with Crippen molar-refractivity contribution in [2.45, 2.75) is 19.8 Å². The van der Waals surface area contributed by atoms with Crippen LogP contribution in [0.1, 0.15) is 25.6 Å². The van der Waals surface area contributed by atoms with Gasteiger partial charge in [-0.2, -0.15) is 0 Å². The largest absolute Gasteiger partial charge is 0.399 e. The van der Waals surface area contributed by atoms with Crippen molar-refractivity contribution in [3.8, 4) is 5.69 Å².